The van der Waals surface area contributed by atoms with E-state index in [2.05, 4.69) is 5.32 Å². The zero-order chi connectivity index (χ0) is 20.4. The number of nitrogens with zero attached hydrogens (tertiary/aromatic N) is 1. The highest BCUT2D eigenvalue weighted by atomic mass is 32.1. The molecule has 3 rings (SSSR count). The number of fused-ring (bicyclic) bond motifs is 1. The van der Waals surface area contributed by atoms with Gasteiger partial charge in [-0.05, 0) is 49.2 Å². The third-order valence-electron chi connectivity index (χ3n) is 4.52. The number of ether oxygens (including phenoxy) is 2. The van der Waals surface area contributed by atoms with Gasteiger partial charge in [0.25, 0.3) is 11.6 Å². The average molecular weight is 400 g/mol. The molecule has 0 aliphatic carbocycles. The molecule has 1 amide bonds. The second kappa shape index (κ2) is 7.85. The molecular weight excluding hydrogens is 380 g/mol. The van der Waals surface area contributed by atoms with E-state index in [1.165, 1.54) is 23.5 Å². The first-order valence-electron chi connectivity index (χ1n) is 8.55. The quantitative estimate of drug-likeness (QED) is 0.481. The van der Waals surface area contributed by atoms with Crippen LogP contribution in [0.25, 0.3) is 10.1 Å². The summed E-state index contributed by atoms with van der Waals surface area (Å²) in [4.78, 5) is 23.7. The third kappa shape index (κ3) is 3.77. The van der Waals surface area contributed by atoms with Gasteiger partial charge in [0.2, 0.25) is 0 Å². The largest absolute Gasteiger partial charge is 0.493 e. The summed E-state index contributed by atoms with van der Waals surface area (Å²) in [5.41, 5.74) is 1.90. The first-order chi connectivity index (χ1) is 13.3. The minimum absolute atomic E-state index is 0.00609. The van der Waals surface area contributed by atoms with Crippen LogP contribution in [-0.4, -0.2) is 25.1 Å². The number of nitro groups is 1. The van der Waals surface area contributed by atoms with E-state index in [4.69, 9.17) is 9.47 Å². The molecule has 1 heterocycles. The first-order valence-corrected chi connectivity index (χ1v) is 9.37. The van der Waals surface area contributed by atoms with E-state index in [0.717, 1.165) is 15.8 Å². The average Bonchev–Trinajstić information content (AvgIpc) is 3.10. The highest BCUT2D eigenvalue weighted by molar-refractivity contribution is 7.20. The van der Waals surface area contributed by atoms with Gasteiger partial charge in [-0.2, -0.15) is 0 Å². The maximum absolute atomic E-state index is 12.7. The zero-order valence-electron chi connectivity index (χ0n) is 15.9. The van der Waals surface area contributed by atoms with Gasteiger partial charge in [-0.15, -0.1) is 11.3 Å². The van der Waals surface area contributed by atoms with Crippen molar-refractivity contribution in [3.05, 3.63) is 62.5 Å². The number of methoxy groups -OCH3 is 2. The van der Waals surface area contributed by atoms with E-state index >= 15 is 0 Å². The Morgan fingerprint density at radius 3 is 2.46 bits per heavy atom. The van der Waals surface area contributed by atoms with Gasteiger partial charge in [0, 0.05) is 22.2 Å². The normalized spacial score (nSPS) is 11.9. The van der Waals surface area contributed by atoms with Gasteiger partial charge >= 0.3 is 0 Å². The number of hydrogen-bond acceptors (Lipinski definition) is 6. The molecule has 0 bridgehead atoms. The van der Waals surface area contributed by atoms with E-state index in [1.807, 2.05) is 26.0 Å². The van der Waals surface area contributed by atoms with Gasteiger partial charge < -0.3 is 14.8 Å². The second-order valence-electron chi connectivity index (χ2n) is 6.35. The van der Waals surface area contributed by atoms with Crippen LogP contribution in [0.4, 0.5) is 5.69 Å². The van der Waals surface area contributed by atoms with Crippen LogP contribution in [0.3, 0.4) is 0 Å². The molecule has 8 heteroatoms. The summed E-state index contributed by atoms with van der Waals surface area (Å²) in [6, 6.07) is 9.73. The van der Waals surface area contributed by atoms with E-state index in [1.54, 1.807) is 26.4 Å². The van der Waals surface area contributed by atoms with E-state index in [0.29, 0.717) is 21.8 Å². The van der Waals surface area contributed by atoms with Crippen molar-refractivity contribution in [1.29, 1.82) is 0 Å². The zero-order valence-corrected chi connectivity index (χ0v) is 16.8. The van der Waals surface area contributed by atoms with Crippen molar-refractivity contribution < 1.29 is 19.2 Å². The predicted molar refractivity (Wildman–Crippen MR) is 109 cm³/mol. The van der Waals surface area contributed by atoms with Crippen LogP contribution in [0, 0.1) is 17.0 Å². The molecule has 0 saturated heterocycles. The lowest BCUT2D eigenvalue weighted by Crippen LogP contribution is -2.26. The molecule has 28 heavy (non-hydrogen) atoms. The Balaban J connectivity index is 1.84. The number of benzene rings is 2. The fourth-order valence-electron chi connectivity index (χ4n) is 3.06. The summed E-state index contributed by atoms with van der Waals surface area (Å²) in [6.45, 7) is 3.84. The van der Waals surface area contributed by atoms with Crippen molar-refractivity contribution in [3.8, 4) is 11.5 Å². The van der Waals surface area contributed by atoms with E-state index < -0.39 is 4.92 Å². The molecule has 0 fully saturated rings. The number of nitro benzene ring substituents is 1. The molecule has 1 N–H and O–H groups in total. The molecule has 0 aliphatic heterocycles. The highest BCUT2D eigenvalue weighted by Gasteiger charge is 2.18. The molecule has 0 spiro atoms. The Morgan fingerprint density at radius 2 is 1.82 bits per heavy atom. The first kappa shape index (κ1) is 19.6. The summed E-state index contributed by atoms with van der Waals surface area (Å²) in [6.07, 6.45) is 0. The van der Waals surface area contributed by atoms with E-state index in [-0.39, 0.29) is 17.6 Å². The molecule has 1 atom stereocenters. The number of hydrogen-bond donors (Lipinski definition) is 1. The molecule has 0 saturated carbocycles. The number of carbonyl (C=O) groups excluding carboxylic acids is 1. The summed E-state index contributed by atoms with van der Waals surface area (Å²) in [5, 5.41) is 14.6. The van der Waals surface area contributed by atoms with Crippen molar-refractivity contribution in [3.63, 3.8) is 0 Å². The number of nitrogens with one attached hydrogen (secondary N) is 1. The molecule has 1 unspecified atom stereocenters. The number of aryl methyl sites for hydroxylation is 1. The van der Waals surface area contributed by atoms with Crippen LogP contribution in [0.2, 0.25) is 0 Å². The van der Waals surface area contributed by atoms with Gasteiger partial charge in [0.1, 0.15) is 0 Å². The van der Waals surface area contributed by atoms with Crippen LogP contribution in [-0.2, 0) is 0 Å². The van der Waals surface area contributed by atoms with Crippen molar-refractivity contribution >= 4 is 33.0 Å². The molecule has 2 aromatic carbocycles. The fourth-order valence-corrected chi connectivity index (χ4v) is 4.01. The highest BCUT2D eigenvalue weighted by Crippen LogP contribution is 2.33. The maximum Gasteiger partial charge on any atom is 0.270 e. The lowest BCUT2D eigenvalue weighted by molar-refractivity contribution is -0.384. The van der Waals surface area contributed by atoms with Crippen LogP contribution in [0.5, 0.6) is 11.5 Å². The lowest BCUT2D eigenvalue weighted by Gasteiger charge is -2.19. The topological polar surface area (TPSA) is 90.7 Å². The van der Waals surface area contributed by atoms with Crippen LogP contribution in [0.15, 0.2) is 36.4 Å². The second-order valence-corrected chi connectivity index (χ2v) is 7.43. The van der Waals surface area contributed by atoms with Crippen LogP contribution < -0.4 is 14.8 Å². The van der Waals surface area contributed by atoms with Crippen molar-refractivity contribution in [2.75, 3.05) is 14.2 Å². The summed E-state index contributed by atoms with van der Waals surface area (Å²) >= 11 is 1.30. The molecule has 1 aromatic heterocycles. The molecule has 0 radical (unpaired) electrons. The fraction of sp³-hybridized carbons (Fsp3) is 0.250. The van der Waals surface area contributed by atoms with Gasteiger partial charge in [0.15, 0.2) is 11.5 Å². The molecule has 7 nitrogen and oxygen atoms in total. The van der Waals surface area contributed by atoms with E-state index in [9.17, 15) is 14.9 Å². The monoisotopic (exact) mass is 400 g/mol. The Hall–Kier alpha value is -3.13. The van der Waals surface area contributed by atoms with Crippen molar-refractivity contribution in [1.82, 2.24) is 5.32 Å². The van der Waals surface area contributed by atoms with Gasteiger partial charge in [-0.3, -0.25) is 14.9 Å². The maximum atomic E-state index is 12.7. The Morgan fingerprint density at radius 1 is 1.14 bits per heavy atom. The van der Waals surface area contributed by atoms with Crippen molar-refractivity contribution in [2.24, 2.45) is 0 Å². The van der Waals surface area contributed by atoms with Crippen LogP contribution in [0.1, 0.15) is 33.8 Å². The van der Waals surface area contributed by atoms with Crippen LogP contribution >= 0.6 is 11.3 Å². The van der Waals surface area contributed by atoms with Crippen molar-refractivity contribution in [2.45, 2.75) is 19.9 Å². The number of non-ortho nitro benzene ring substituents is 1. The molecular formula is C20H20N2O5S. The number of amides is 1. The predicted octanol–water partition coefficient (Wildman–Crippen LogP) is 4.63. The minimum atomic E-state index is -0.446. The van der Waals surface area contributed by atoms with Gasteiger partial charge in [-0.25, -0.2) is 0 Å². The number of carbonyl (C=O) groups is 1. The Bertz CT molecular complexity index is 1060. The number of thiophene rings is 1. The number of rotatable bonds is 6. The molecule has 146 valence electrons. The summed E-state index contributed by atoms with van der Waals surface area (Å²) in [5.74, 6) is 0.997. The SMILES string of the molecule is COc1cc(C)c(C(C)NC(=O)c2cc3cc([N+](=O)[O-])ccc3s2)cc1OC. The summed E-state index contributed by atoms with van der Waals surface area (Å²) in [7, 11) is 3.14. The van der Waals surface area contributed by atoms with Gasteiger partial charge in [-0.1, -0.05) is 0 Å². The van der Waals surface area contributed by atoms with Gasteiger partial charge in [0.05, 0.1) is 30.1 Å². The smallest absolute Gasteiger partial charge is 0.270 e. The standard InChI is InChI=1S/C20H20N2O5S/c1-11-7-16(26-3)17(27-4)10-15(11)12(2)21-20(23)19-9-13-8-14(22(24)25)5-6-18(13)28-19/h5-10,12H,1-4H3,(H,21,23). The molecule has 3 aromatic rings. The molecule has 0 aliphatic rings. The minimum Gasteiger partial charge on any atom is -0.493 e. The Labute approximate surface area is 166 Å². The third-order valence-corrected chi connectivity index (χ3v) is 5.64. The lowest BCUT2D eigenvalue weighted by atomic mass is 10.0. The summed E-state index contributed by atoms with van der Waals surface area (Å²) < 4.78 is 11.5. The Kier molecular flexibility index (Phi) is 5.51.